The van der Waals surface area contributed by atoms with Gasteiger partial charge in [0.15, 0.2) is 0 Å². The van der Waals surface area contributed by atoms with Crippen molar-refractivity contribution in [3.63, 3.8) is 0 Å². The Labute approximate surface area is 135 Å². The van der Waals surface area contributed by atoms with Crippen LogP contribution in [0, 0.1) is 11.8 Å². The van der Waals surface area contributed by atoms with Gasteiger partial charge in [-0.15, -0.1) is 0 Å². The molecule has 2 aliphatic heterocycles. The Bertz CT molecular complexity index is 528. The molecule has 1 N–H and O–H groups in total. The molecular formula is C16H23N3O2S. The molecule has 2 fully saturated rings. The van der Waals surface area contributed by atoms with Gasteiger partial charge in [-0.3, -0.25) is 9.59 Å². The van der Waals surface area contributed by atoms with Gasteiger partial charge >= 0.3 is 0 Å². The Morgan fingerprint density at radius 3 is 2.59 bits per heavy atom. The summed E-state index contributed by atoms with van der Waals surface area (Å²) in [4.78, 5) is 28.8. The summed E-state index contributed by atoms with van der Waals surface area (Å²) in [6.07, 6.45) is 0.858. The molecular weight excluding hydrogens is 298 g/mol. The summed E-state index contributed by atoms with van der Waals surface area (Å²) in [5.41, 5.74) is 0.763. The molecule has 2 amide bonds. The van der Waals surface area contributed by atoms with E-state index in [9.17, 15) is 9.59 Å². The van der Waals surface area contributed by atoms with Gasteiger partial charge in [0.1, 0.15) is 0 Å². The lowest BCUT2D eigenvalue weighted by Gasteiger charge is -2.34. The Morgan fingerprint density at radius 2 is 1.95 bits per heavy atom. The standard InChI is InChI=1S/C16H23N3O2S/c1-12(14-9-17-10-14)15(20)18-4-2-5-19(7-6-18)16(21)13-3-8-22-11-13/h3,8,11-12,14,17H,2,4-7,9-10H2,1H3. The van der Waals surface area contributed by atoms with Crippen molar-refractivity contribution in [3.05, 3.63) is 22.4 Å². The second-order valence-corrected chi connectivity index (χ2v) is 6.97. The quantitative estimate of drug-likeness (QED) is 0.912. The third kappa shape index (κ3) is 3.17. The molecule has 0 aliphatic carbocycles. The molecule has 3 rings (SSSR count). The van der Waals surface area contributed by atoms with Gasteiger partial charge < -0.3 is 15.1 Å². The van der Waals surface area contributed by atoms with Crippen LogP contribution in [-0.4, -0.2) is 60.9 Å². The molecule has 1 aromatic heterocycles. The average molecular weight is 321 g/mol. The number of thiophene rings is 1. The van der Waals surface area contributed by atoms with Crippen LogP contribution in [0.5, 0.6) is 0 Å². The first-order chi connectivity index (χ1) is 10.7. The van der Waals surface area contributed by atoms with Crippen LogP contribution in [0.3, 0.4) is 0 Å². The molecule has 1 aromatic rings. The molecule has 2 saturated heterocycles. The molecule has 0 radical (unpaired) electrons. The second-order valence-electron chi connectivity index (χ2n) is 6.19. The molecule has 22 heavy (non-hydrogen) atoms. The van der Waals surface area contributed by atoms with Gasteiger partial charge in [-0.25, -0.2) is 0 Å². The van der Waals surface area contributed by atoms with Gasteiger partial charge in [-0.1, -0.05) is 6.92 Å². The van der Waals surface area contributed by atoms with E-state index < -0.39 is 0 Å². The fourth-order valence-corrected chi connectivity index (χ4v) is 3.69. The van der Waals surface area contributed by atoms with Gasteiger partial charge in [0.25, 0.3) is 5.91 Å². The van der Waals surface area contributed by atoms with Crippen LogP contribution >= 0.6 is 11.3 Å². The molecule has 3 heterocycles. The minimum atomic E-state index is 0.0837. The third-order valence-corrected chi connectivity index (χ3v) is 5.46. The molecule has 6 heteroatoms. The predicted molar refractivity (Wildman–Crippen MR) is 86.9 cm³/mol. The van der Waals surface area contributed by atoms with Crippen molar-refractivity contribution in [2.24, 2.45) is 11.8 Å². The van der Waals surface area contributed by atoms with E-state index >= 15 is 0 Å². The third-order valence-electron chi connectivity index (χ3n) is 4.77. The predicted octanol–water partition coefficient (Wildman–Crippen LogP) is 1.28. The highest BCUT2D eigenvalue weighted by atomic mass is 32.1. The zero-order chi connectivity index (χ0) is 15.5. The monoisotopic (exact) mass is 321 g/mol. The number of nitrogens with zero attached hydrogens (tertiary/aromatic N) is 2. The topological polar surface area (TPSA) is 52.7 Å². The number of hydrogen-bond acceptors (Lipinski definition) is 4. The lowest BCUT2D eigenvalue weighted by atomic mass is 9.88. The van der Waals surface area contributed by atoms with Crippen molar-refractivity contribution >= 4 is 23.2 Å². The van der Waals surface area contributed by atoms with Gasteiger partial charge in [0.2, 0.25) is 5.91 Å². The maximum atomic E-state index is 12.6. The van der Waals surface area contributed by atoms with E-state index in [0.29, 0.717) is 19.0 Å². The summed E-state index contributed by atoms with van der Waals surface area (Å²) >= 11 is 1.54. The zero-order valence-electron chi connectivity index (χ0n) is 13.0. The Morgan fingerprint density at radius 1 is 1.23 bits per heavy atom. The van der Waals surface area contributed by atoms with Crippen LogP contribution in [0.2, 0.25) is 0 Å². The number of hydrogen-bond donors (Lipinski definition) is 1. The minimum absolute atomic E-state index is 0.0837. The summed E-state index contributed by atoms with van der Waals surface area (Å²) in [6, 6.07) is 1.87. The Kier molecular flexibility index (Phi) is 4.78. The fourth-order valence-electron chi connectivity index (χ4n) is 3.06. The SMILES string of the molecule is CC(C(=O)N1CCCN(C(=O)c2ccsc2)CC1)C1CNC1. The summed E-state index contributed by atoms with van der Waals surface area (Å²) in [6.45, 7) is 6.71. The minimum Gasteiger partial charge on any atom is -0.341 e. The lowest BCUT2D eigenvalue weighted by Crippen LogP contribution is -2.51. The van der Waals surface area contributed by atoms with E-state index in [-0.39, 0.29) is 17.7 Å². The molecule has 1 atom stereocenters. The van der Waals surface area contributed by atoms with Crippen molar-refractivity contribution in [2.75, 3.05) is 39.3 Å². The van der Waals surface area contributed by atoms with Crippen LogP contribution < -0.4 is 5.32 Å². The molecule has 0 bridgehead atoms. The van der Waals surface area contributed by atoms with E-state index in [2.05, 4.69) is 5.32 Å². The number of rotatable bonds is 3. The highest BCUT2D eigenvalue weighted by molar-refractivity contribution is 7.08. The number of carbonyl (C=O) groups is 2. The van der Waals surface area contributed by atoms with Crippen molar-refractivity contribution in [2.45, 2.75) is 13.3 Å². The lowest BCUT2D eigenvalue weighted by molar-refractivity contribution is -0.137. The first-order valence-corrected chi connectivity index (χ1v) is 8.92. The summed E-state index contributed by atoms with van der Waals surface area (Å²) < 4.78 is 0. The van der Waals surface area contributed by atoms with Gasteiger partial charge in [-0.2, -0.15) is 11.3 Å². The first kappa shape index (κ1) is 15.5. The first-order valence-electron chi connectivity index (χ1n) is 7.98. The Hall–Kier alpha value is -1.40. The van der Waals surface area contributed by atoms with Crippen molar-refractivity contribution < 1.29 is 9.59 Å². The highest BCUT2D eigenvalue weighted by Gasteiger charge is 2.32. The number of nitrogens with one attached hydrogen (secondary N) is 1. The van der Waals surface area contributed by atoms with Gasteiger partial charge in [0.05, 0.1) is 5.56 Å². The van der Waals surface area contributed by atoms with Crippen LogP contribution in [0.4, 0.5) is 0 Å². The van der Waals surface area contributed by atoms with Crippen LogP contribution in [0.15, 0.2) is 16.8 Å². The van der Waals surface area contributed by atoms with E-state index in [1.807, 2.05) is 33.6 Å². The largest absolute Gasteiger partial charge is 0.341 e. The summed E-state index contributed by atoms with van der Waals surface area (Å²) in [7, 11) is 0. The van der Waals surface area contributed by atoms with Crippen LogP contribution in [0.1, 0.15) is 23.7 Å². The molecule has 1 unspecified atom stereocenters. The summed E-state index contributed by atoms with van der Waals surface area (Å²) in [5, 5.41) is 7.04. The maximum absolute atomic E-state index is 12.6. The fraction of sp³-hybridized carbons (Fsp3) is 0.625. The van der Waals surface area contributed by atoms with Crippen molar-refractivity contribution in [1.29, 1.82) is 0 Å². The van der Waals surface area contributed by atoms with Gasteiger partial charge in [-0.05, 0) is 36.9 Å². The molecule has 0 spiro atoms. The summed E-state index contributed by atoms with van der Waals surface area (Å²) in [5.74, 6) is 0.891. The molecule has 0 aromatic carbocycles. The smallest absolute Gasteiger partial charge is 0.254 e. The zero-order valence-corrected chi connectivity index (χ0v) is 13.8. The number of amides is 2. The van der Waals surface area contributed by atoms with E-state index in [4.69, 9.17) is 0 Å². The van der Waals surface area contributed by atoms with Gasteiger partial charge in [0, 0.05) is 37.5 Å². The Balaban J connectivity index is 1.57. The van der Waals surface area contributed by atoms with E-state index in [0.717, 1.165) is 38.2 Å². The number of carbonyl (C=O) groups excluding carboxylic acids is 2. The molecule has 5 nitrogen and oxygen atoms in total. The van der Waals surface area contributed by atoms with Crippen molar-refractivity contribution in [1.82, 2.24) is 15.1 Å². The van der Waals surface area contributed by atoms with E-state index in [1.54, 1.807) is 11.3 Å². The highest BCUT2D eigenvalue weighted by Crippen LogP contribution is 2.20. The molecule has 0 saturated carbocycles. The molecule has 2 aliphatic rings. The molecule has 120 valence electrons. The van der Waals surface area contributed by atoms with E-state index in [1.165, 1.54) is 0 Å². The van der Waals surface area contributed by atoms with Crippen molar-refractivity contribution in [3.8, 4) is 0 Å². The van der Waals surface area contributed by atoms with Crippen LogP contribution in [-0.2, 0) is 4.79 Å². The normalized spacial score (nSPS) is 21.1. The van der Waals surface area contributed by atoms with Crippen LogP contribution in [0.25, 0.3) is 0 Å². The maximum Gasteiger partial charge on any atom is 0.254 e. The average Bonchev–Trinajstić information content (AvgIpc) is 2.88. The second kappa shape index (κ2) is 6.79.